The van der Waals surface area contributed by atoms with Crippen LogP contribution in [0.2, 0.25) is 0 Å². The average molecular weight is 316 g/mol. The van der Waals surface area contributed by atoms with Gasteiger partial charge >= 0.3 is 5.97 Å². The van der Waals surface area contributed by atoms with Gasteiger partial charge in [0.2, 0.25) is 0 Å². The predicted octanol–water partition coefficient (Wildman–Crippen LogP) is 1.57. The van der Waals surface area contributed by atoms with E-state index >= 15 is 0 Å². The molecule has 0 atom stereocenters. The van der Waals surface area contributed by atoms with Crippen LogP contribution in [0.15, 0.2) is 24.4 Å². The van der Waals surface area contributed by atoms with E-state index in [9.17, 15) is 9.59 Å². The van der Waals surface area contributed by atoms with Crippen molar-refractivity contribution in [2.45, 2.75) is 33.7 Å². The standard InChI is InChI=1S/C16H20N4O3/c1-10(2)18-15(21)9-23-16(22)13-5-6-14(17-8-13)20-12(4)7-11(3)19-20/h5-8,10H,9H2,1-4H3,(H,18,21). The number of aromatic nitrogens is 3. The Morgan fingerprint density at radius 3 is 2.57 bits per heavy atom. The summed E-state index contributed by atoms with van der Waals surface area (Å²) in [5, 5.41) is 6.97. The molecule has 0 aromatic carbocycles. The second-order valence-electron chi connectivity index (χ2n) is 5.54. The lowest BCUT2D eigenvalue weighted by Crippen LogP contribution is -2.34. The van der Waals surface area contributed by atoms with Crippen molar-refractivity contribution < 1.29 is 14.3 Å². The fourth-order valence-corrected chi connectivity index (χ4v) is 2.07. The van der Waals surface area contributed by atoms with Crippen LogP contribution in [-0.2, 0) is 9.53 Å². The number of hydrogen-bond donors (Lipinski definition) is 1. The predicted molar refractivity (Wildman–Crippen MR) is 84.4 cm³/mol. The Kier molecular flexibility index (Phi) is 5.10. The molecule has 0 aliphatic rings. The van der Waals surface area contributed by atoms with Gasteiger partial charge in [-0.3, -0.25) is 4.79 Å². The van der Waals surface area contributed by atoms with Gasteiger partial charge in [-0.05, 0) is 45.9 Å². The Hall–Kier alpha value is -2.70. The molecule has 0 saturated carbocycles. The third-order valence-electron chi connectivity index (χ3n) is 2.99. The van der Waals surface area contributed by atoms with Gasteiger partial charge in [-0.2, -0.15) is 5.10 Å². The van der Waals surface area contributed by atoms with Crippen molar-refractivity contribution in [1.29, 1.82) is 0 Å². The fourth-order valence-electron chi connectivity index (χ4n) is 2.07. The number of aryl methyl sites for hydroxylation is 2. The SMILES string of the molecule is Cc1cc(C)n(-c2ccc(C(=O)OCC(=O)NC(C)C)cn2)n1. The van der Waals surface area contributed by atoms with Crippen LogP contribution in [0, 0.1) is 13.8 Å². The highest BCUT2D eigenvalue weighted by Gasteiger charge is 2.12. The van der Waals surface area contributed by atoms with Gasteiger partial charge in [-0.25, -0.2) is 14.5 Å². The third-order valence-corrected chi connectivity index (χ3v) is 2.99. The van der Waals surface area contributed by atoms with Crippen molar-refractivity contribution in [2.75, 3.05) is 6.61 Å². The number of hydrogen-bond acceptors (Lipinski definition) is 5. The maximum absolute atomic E-state index is 11.9. The van der Waals surface area contributed by atoms with Gasteiger partial charge in [-0.15, -0.1) is 0 Å². The molecule has 0 fully saturated rings. The van der Waals surface area contributed by atoms with Crippen molar-refractivity contribution in [3.05, 3.63) is 41.3 Å². The molecule has 1 N–H and O–H groups in total. The summed E-state index contributed by atoms with van der Waals surface area (Å²) < 4.78 is 6.65. The summed E-state index contributed by atoms with van der Waals surface area (Å²) in [7, 11) is 0. The maximum atomic E-state index is 11.9. The van der Waals surface area contributed by atoms with E-state index in [1.54, 1.807) is 16.8 Å². The van der Waals surface area contributed by atoms with Gasteiger partial charge in [-0.1, -0.05) is 0 Å². The second kappa shape index (κ2) is 7.04. The highest BCUT2D eigenvalue weighted by atomic mass is 16.5. The fraction of sp³-hybridized carbons (Fsp3) is 0.375. The van der Waals surface area contributed by atoms with Crippen molar-refractivity contribution in [3.63, 3.8) is 0 Å². The number of rotatable bonds is 5. The molecule has 0 radical (unpaired) electrons. The molecule has 2 heterocycles. The molecule has 0 aliphatic carbocycles. The molecule has 0 spiro atoms. The summed E-state index contributed by atoms with van der Waals surface area (Å²) in [6.45, 7) is 7.19. The number of ether oxygens (including phenoxy) is 1. The summed E-state index contributed by atoms with van der Waals surface area (Å²) in [5.74, 6) is -0.304. The van der Waals surface area contributed by atoms with Crippen molar-refractivity contribution >= 4 is 11.9 Å². The second-order valence-corrected chi connectivity index (χ2v) is 5.54. The first-order chi connectivity index (χ1) is 10.9. The lowest BCUT2D eigenvalue weighted by Gasteiger charge is -2.09. The Bertz CT molecular complexity index is 705. The quantitative estimate of drug-likeness (QED) is 0.846. The van der Waals surface area contributed by atoms with E-state index in [-0.39, 0.29) is 24.1 Å². The Morgan fingerprint density at radius 2 is 2.04 bits per heavy atom. The number of amides is 1. The molecule has 7 heteroatoms. The van der Waals surface area contributed by atoms with E-state index in [0.717, 1.165) is 11.4 Å². The molecule has 23 heavy (non-hydrogen) atoms. The van der Waals surface area contributed by atoms with Crippen LogP contribution in [-0.4, -0.2) is 39.3 Å². The first kappa shape index (κ1) is 16.7. The van der Waals surface area contributed by atoms with Gasteiger partial charge < -0.3 is 10.1 Å². The van der Waals surface area contributed by atoms with Gasteiger partial charge in [0.05, 0.1) is 11.3 Å². The van der Waals surface area contributed by atoms with E-state index in [0.29, 0.717) is 5.82 Å². The monoisotopic (exact) mass is 316 g/mol. The van der Waals surface area contributed by atoms with Crippen molar-refractivity contribution in [3.8, 4) is 5.82 Å². The number of carbonyl (C=O) groups is 2. The molecule has 122 valence electrons. The zero-order valence-corrected chi connectivity index (χ0v) is 13.7. The molecule has 1 amide bonds. The van der Waals surface area contributed by atoms with Gasteiger partial charge in [0.25, 0.3) is 5.91 Å². The molecular formula is C16H20N4O3. The van der Waals surface area contributed by atoms with E-state index in [2.05, 4.69) is 15.4 Å². The minimum absolute atomic E-state index is 0.00270. The maximum Gasteiger partial charge on any atom is 0.340 e. The zero-order valence-electron chi connectivity index (χ0n) is 13.7. The molecule has 2 rings (SSSR count). The third kappa shape index (κ3) is 4.38. The van der Waals surface area contributed by atoms with Crippen molar-refractivity contribution in [2.24, 2.45) is 0 Å². The number of nitrogens with zero attached hydrogens (tertiary/aromatic N) is 3. The summed E-state index contributed by atoms with van der Waals surface area (Å²) in [4.78, 5) is 27.6. The Balaban J connectivity index is 2.00. The first-order valence-electron chi connectivity index (χ1n) is 7.33. The van der Waals surface area contributed by atoms with Crippen molar-refractivity contribution in [1.82, 2.24) is 20.1 Å². The minimum atomic E-state index is -0.587. The van der Waals surface area contributed by atoms with Crippen LogP contribution >= 0.6 is 0 Å². The molecule has 0 bridgehead atoms. The molecule has 2 aromatic heterocycles. The largest absolute Gasteiger partial charge is 0.452 e. The Morgan fingerprint density at radius 1 is 1.30 bits per heavy atom. The van der Waals surface area contributed by atoms with Gasteiger partial charge in [0, 0.05) is 17.9 Å². The lowest BCUT2D eigenvalue weighted by atomic mass is 10.3. The topological polar surface area (TPSA) is 86.1 Å². The van der Waals surface area contributed by atoms with Gasteiger partial charge in [0.1, 0.15) is 0 Å². The van der Waals surface area contributed by atoms with E-state index in [1.807, 2.05) is 33.8 Å². The highest BCUT2D eigenvalue weighted by molar-refractivity contribution is 5.91. The van der Waals surface area contributed by atoms with Crippen LogP contribution in [0.5, 0.6) is 0 Å². The van der Waals surface area contributed by atoms with Gasteiger partial charge in [0.15, 0.2) is 12.4 Å². The zero-order chi connectivity index (χ0) is 17.0. The molecule has 2 aromatic rings. The van der Waals surface area contributed by atoms with Crippen LogP contribution in [0.25, 0.3) is 5.82 Å². The lowest BCUT2D eigenvalue weighted by molar-refractivity contribution is -0.124. The first-order valence-corrected chi connectivity index (χ1v) is 7.33. The molecule has 0 saturated heterocycles. The van der Waals surface area contributed by atoms with E-state index < -0.39 is 5.97 Å². The highest BCUT2D eigenvalue weighted by Crippen LogP contribution is 2.10. The molecular weight excluding hydrogens is 296 g/mol. The number of nitrogens with one attached hydrogen (secondary N) is 1. The summed E-state index contributed by atoms with van der Waals surface area (Å²) in [6.07, 6.45) is 1.41. The molecule has 0 unspecified atom stereocenters. The minimum Gasteiger partial charge on any atom is -0.452 e. The van der Waals surface area contributed by atoms with E-state index in [1.165, 1.54) is 6.20 Å². The Labute approximate surface area is 134 Å². The smallest absolute Gasteiger partial charge is 0.340 e. The molecule has 0 aliphatic heterocycles. The van der Waals surface area contributed by atoms with Crippen LogP contribution in [0.3, 0.4) is 0 Å². The van der Waals surface area contributed by atoms with E-state index in [4.69, 9.17) is 4.74 Å². The van der Waals surface area contributed by atoms with Crippen LogP contribution in [0.1, 0.15) is 35.6 Å². The number of carbonyl (C=O) groups excluding carboxylic acids is 2. The van der Waals surface area contributed by atoms with Crippen LogP contribution in [0.4, 0.5) is 0 Å². The molecule has 7 nitrogen and oxygen atoms in total. The summed E-state index contributed by atoms with van der Waals surface area (Å²) in [6, 6.07) is 5.23. The summed E-state index contributed by atoms with van der Waals surface area (Å²) in [5.41, 5.74) is 2.13. The normalized spacial score (nSPS) is 10.7. The summed E-state index contributed by atoms with van der Waals surface area (Å²) >= 11 is 0. The number of esters is 1. The van der Waals surface area contributed by atoms with Crippen LogP contribution < -0.4 is 5.32 Å². The average Bonchev–Trinajstić information content (AvgIpc) is 2.83. The number of pyridine rings is 1.